The highest BCUT2D eigenvalue weighted by Gasteiger charge is 2.42. The summed E-state index contributed by atoms with van der Waals surface area (Å²) in [5, 5.41) is 43.5. The number of nitriles is 3. The lowest BCUT2D eigenvalue weighted by Gasteiger charge is -2.30. The molecule has 1 aliphatic heterocycles. The van der Waals surface area contributed by atoms with Crippen molar-refractivity contribution >= 4 is 11.5 Å². The fourth-order valence-electron chi connectivity index (χ4n) is 3.52. The van der Waals surface area contributed by atoms with E-state index in [0.717, 1.165) is 0 Å². The largest absolute Gasteiger partial charge is 0.497 e. The summed E-state index contributed by atoms with van der Waals surface area (Å²) in [6.45, 7) is 0. The zero-order chi connectivity index (χ0) is 21.5. The van der Waals surface area contributed by atoms with Crippen LogP contribution in [0.1, 0.15) is 11.1 Å². The Hall–Kier alpha value is -4.81. The molecule has 0 amide bonds. The fourth-order valence-corrected chi connectivity index (χ4v) is 3.52. The Morgan fingerprint density at radius 2 is 1.83 bits per heavy atom. The van der Waals surface area contributed by atoms with Crippen molar-refractivity contribution in [3.63, 3.8) is 0 Å². The second-order valence-corrected chi connectivity index (χ2v) is 6.53. The second-order valence-electron chi connectivity index (χ2n) is 6.53. The SMILES string of the molecule is COc1ccc(-c2cn3c(c2C#N)NC(C#N)(C#N)c2ccc([N+](=O)[O-])cc2-3)cc1. The Morgan fingerprint density at radius 1 is 1.13 bits per heavy atom. The first kappa shape index (κ1) is 18.5. The highest BCUT2D eigenvalue weighted by molar-refractivity contribution is 5.82. The number of rotatable bonds is 3. The summed E-state index contributed by atoms with van der Waals surface area (Å²) in [6.07, 6.45) is 1.66. The number of benzene rings is 2. The number of aromatic nitrogens is 1. The summed E-state index contributed by atoms with van der Waals surface area (Å²) in [4.78, 5) is 10.7. The number of nitro groups is 1. The number of hydrogen-bond acceptors (Lipinski definition) is 7. The van der Waals surface area contributed by atoms with E-state index >= 15 is 0 Å². The molecule has 0 saturated heterocycles. The smallest absolute Gasteiger partial charge is 0.271 e. The molecule has 0 atom stereocenters. The van der Waals surface area contributed by atoms with Crippen LogP contribution in [-0.4, -0.2) is 16.6 Å². The van der Waals surface area contributed by atoms with Gasteiger partial charge in [0, 0.05) is 29.5 Å². The van der Waals surface area contributed by atoms with E-state index in [1.54, 1.807) is 42.1 Å². The van der Waals surface area contributed by atoms with Gasteiger partial charge >= 0.3 is 0 Å². The molecule has 2 aromatic carbocycles. The van der Waals surface area contributed by atoms with Gasteiger partial charge < -0.3 is 14.6 Å². The van der Waals surface area contributed by atoms with Crippen LogP contribution in [-0.2, 0) is 5.54 Å². The molecular formula is C21H12N6O3. The van der Waals surface area contributed by atoms with E-state index in [1.807, 2.05) is 12.1 Å². The third-order valence-electron chi connectivity index (χ3n) is 5.02. The summed E-state index contributed by atoms with van der Waals surface area (Å²) in [6, 6.07) is 17.0. The first-order valence-corrected chi connectivity index (χ1v) is 8.68. The van der Waals surface area contributed by atoms with Gasteiger partial charge in [-0.1, -0.05) is 12.1 Å². The van der Waals surface area contributed by atoms with Crippen LogP contribution in [0.2, 0.25) is 0 Å². The number of ether oxygens (including phenoxy) is 1. The molecule has 0 bridgehead atoms. The minimum atomic E-state index is -1.79. The number of hydrogen-bond donors (Lipinski definition) is 1. The van der Waals surface area contributed by atoms with E-state index in [4.69, 9.17) is 4.74 Å². The molecule has 3 aromatic rings. The number of nitrogens with one attached hydrogen (secondary N) is 1. The zero-order valence-electron chi connectivity index (χ0n) is 15.6. The topological polar surface area (TPSA) is 141 Å². The molecule has 1 aromatic heterocycles. The lowest BCUT2D eigenvalue weighted by atomic mass is 9.89. The minimum Gasteiger partial charge on any atom is -0.497 e. The van der Waals surface area contributed by atoms with E-state index in [-0.39, 0.29) is 28.3 Å². The summed E-state index contributed by atoms with van der Waals surface area (Å²) in [5.74, 6) is 0.868. The number of non-ortho nitro benzene ring substituents is 1. The van der Waals surface area contributed by atoms with Crippen molar-refractivity contribution in [1.29, 1.82) is 15.8 Å². The first-order chi connectivity index (χ1) is 14.5. The van der Waals surface area contributed by atoms with E-state index < -0.39 is 10.5 Å². The molecule has 144 valence electrons. The fraction of sp³-hybridized carbons (Fsp3) is 0.0952. The quantitative estimate of drug-likeness (QED) is 0.526. The normalized spacial score (nSPS) is 12.9. The Morgan fingerprint density at radius 3 is 2.40 bits per heavy atom. The molecule has 0 saturated carbocycles. The van der Waals surface area contributed by atoms with Gasteiger partial charge in [-0.05, 0) is 23.8 Å². The Labute approximate surface area is 170 Å². The molecule has 0 aliphatic carbocycles. The molecule has 9 nitrogen and oxygen atoms in total. The standard InChI is InChI=1S/C21H12N6O3/c1-30-15-5-2-13(3-6-15)17-10-26-19-8-14(27(28)29)4-7-18(19)21(11-23,12-24)25-20(26)16(17)9-22/h2-8,10,25H,1H3. The van der Waals surface area contributed by atoms with Crippen LogP contribution in [0.4, 0.5) is 11.5 Å². The van der Waals surface area contributed by atoms with Gasteiger partial charge in [0.15, 0.2) is 0 Å². The predicted molar refractivity (Wildman–Crippen MR) is 106 cm³/mol. The number of nitrogens with zero attached hydrogens (tertiary/aromatic N) is 5. The van der Waals surface area contributed by atoms with Crippen molar-refractivity contribution in [2.45, 2.75) is 5.54 Å². The van der Waals surface area contributed by atoms with Crippen molar-refractivity contribution in [1.82, 2.24) is 4.57 Å². The summed E-state index contributed by atoms with van der Waals surface area (Å²) in [7, 11) is 1.55. The molecule has 9 heteroatoms. The number of methoxy groups -OCH3 is 1. The van der Waals surface area contributed by atoms with E-state index in [2.05, 4.69) is 11.4 Å². The van der Waals surface area contributed by atoms with Gasteiger partial charge in [0.25, 0.3) is 5.69 Å². The Kier molecular flexibility index (Phi) is 4.12. The Balaban J connectivity index is 2.02. The maximum absolute atomic E-state index is 11.3. The van der Waals surface area contributed by atoms with Crippen LogP contribution >= 0.6 is 0 Å². The lowest BCUT2D eigenvalue weighted by Crippen LogP contribution is -2.37. The maximum Gasteiger partial charge on any atom is 0.271 e. The van der Waals surface area contributed by atoms with Crippen molar-refractivity contribution < 1.29 is 9.66 Å². The Bertz CT molecular complexity index is 1300. The molecule has 1 N–H and O–H groups in total. The van der Waals surface area contributed by atoms with Gasteiger partial charge in [0.1, 0.15) is 35.3 Å². The zero-order valence-corrected chi connectivity index (χ0v) is 15.6. The van der Waals surface area contributed by atoms with Crippen molar-refractivity contribution in [3.8, 4) is 40.8 Å². The molecule has 0 fully saturated rings. The third-order valence-corrected chi connectivity index (χ3v) is 5.02. The van der Waals surface area contributed by atoms with Crippen LogP contribution in [0.5, 0.6) is 5.75 Å². The summed E-state index contributed by atoms with van der Waals surface area (Å²) >= 11 is 0. The van der Waals surface area contributed by atoms with E-state index in [9.17, 15) is 25.9 Å². The van der Waals surface area contributed by atoms with Gasteiger partial charge in [-0.2, -0.15) is 15.8 Å². The number of nitro benzene ring substituents is 1. The highest BCUT2D eigenvalue weighted by atomic mass is 16.6. The summed E-state index contributed by atoms with van der Waals surface area (Å²) < 4.78 is 6.73. The molecule has 0 spiro atoms. The molecular weight excluding hydrogens is 384 g/mol. The number of fused-ring (bicyclic) bond motifs is 3. The van der Waals surface area contributed by atoms with Crippen LogP contribution in [0.25, 0.3) is 16.8 Å². The van der Waals surface area contributed by atoms with Gasteiger partial charge in [-0.15, -0.1) is 0 Å². The van der Waals surface area contributed by atoms with Crippen LogP contribution in [0.15, 0.2) is 48.7 Å². The van der Waals surface area contributed by atoms with Crippen LogP contribution < -0.4 is 10.1 Å². The predicted octanol–water partition coefficient (Wildman–Crippen LogP) is 3.60. The van der Waals surface area contributed by atoms with Crippen molar-refractivity contribution in [3.05, 3.63) is 69.9 Å². The van der Waals surface area contributed by atoms with E-state index in [0.29, 0.717) is 16.9 Å². The van der Waals surface area contributed by atoms with Gasteiger partial charge in [-0.3, -0.25) is 10.1 Å². The van der Waals surface area contributed by atoms with Gasteiger partial charge in [-0.25, -0.2) is 0 Å². The maximum atomic E-state index is 11.3. The van der Waals surface area contributed by atoms with Crippen LogP contribution in [0, 0.1) is 44.1 Å². The molecule has 30 heavy (non-hydrogen) atoms. The molecule has 0 radical (unpaired) electrons. The molecule has 2 heterocycles. The van der Waals surface area contributed by atoms with Crippen molar-refractivity contribution in [2.24, 2.45) is 0 Å². The first-order valence-electron chi connectivity index (χ1n) is 8.68. The monoisotopic (exact) mass is 396 g/mol. The average molecular weight is 396 g/mol. The average Bonchev–Trinajstić information content (AvgIpc) is 3.16. The highest BCUT2D eigenvalue weighted by Crippen LogP contribution is 2.43. The lowest BCUT2D eigenvalue weighted by molar-refractivity contribution is -0.384. The molecule has 4 rings (SSSR count). The van der Waals surface area contributed by atoms with Gasteiger partial charge in [0.2, 0.25) is 5.54 Å². The summed E-state index contributed by atoms with van der Waals surface area (Å²) in [5.41, 5.74) is 0.0523. The molecule has 0 unspecified atom stereocenters. The minimum absolute atomic E-state index is 0.190. The molecule has 1 aliphatic rings. The second kappa shape index (κ2) is 6.66. The van der Waals surface area contributed by atoms with E-state index in [1.165, 1.54) is 18.2 Å². The van der Waals surface area contributed by atoms with Crippen LogP contribution in [0.3, 0.4) is 0 Å². The van der Waals surface area contributed by atoms with Gasteiger partial charge in [0.05, 0.1) is 17.7 Å². The van der Waals surface area contributed by atoms with Crippen molar-refractivity contribution in [2.75, 3.05) is 12.4 Å². The third kappa shape index (κ3) is 2.53. The number of anilines is 1.